The van der Waals surface area contributed by atoms with Crippen LogP contribution in [0.5, 0.6) is 5.88 Å². The number of methoxy groups -OCH3 is 1. The van der Waals surface area contributed by atoms with E-state index in [2.05, 4.69) is 40.1 Å². The monoisotopic (exact) mass is 245 g/mol. The lowest BCUT2D eigenvalue weighted by Crippen LogP contribution is -2.15. The van der Waals surface area contributed by atoms with Crippen molar-refractivity contribution in [3.05, 3.63) is 47.9 Å². The van der Waals surface area contributed by atoms with Gasteiger partial charge in [0.15, 0.2) is 0 Å². The Hall–Kier alpha value is -1.81. The summed E-state index contributed by atoms with van der Waals surface area (Å²) in [6.07, 6.45) is 3.87. The Morgan fingerprint density at radius 3 is 3.00 bits per heavy atom. The SMILES string of the molecule is CCn1cccc1CNCc1ccnc(OC)c1. The molecule has 0 fully saturated rings. The number of nitrogens with one attached hydrogen (secondary N) is 1. The van der Waals surface area contributed by atoms with Crippen LogP contribution in [0.1, 0.15) is 18.2 Å². The van der Waals surface area contributed by atoms with Crippen molar-refractivity contribution >= 4 is 0 Å². The number of aryl methyl sites for hydroxylation is 1. The fraction of sp³-hybridized carbons (Fsp3) is 0.357. The first kappa shape index (κ1) is 12.6. The van der Waals surface area contributed by atoms with Gasteiger partial charge in [0.2, 0.25) is 5.88 Å². The minimum atomic E-state index is 0.659. The highest BCUT2D eigenvalue weighted by Gasteiger charge is 2.00. The first-order valence-corrected chi connectivity index (χ1v) is 6.17. The molecule has 0 aliphatic carbocycles. The van der Waals surface area contributed by atoms with Gasteiger partial charge < -0.3 is 14.6 Å². The summed E-state index contributed by atoms with van der Waals surface area (Å²) in [4.78, 5) is 4.09. The third-order valence-corrected chi connectivity index (χ3v) is 2.91. The third kappa shape index (κ3) is 3.11. The quantitative estimate of drug-likeness (QED) is 0.848. The maximum Gasteiger partial charge on any atom is 0.213 e. The maximum absolute atomic E-state index is 5.10. The molecule has 2 rings (SSSR count). The summed E-state index contributed by atoms with van der Waals surface area (Å²) in [7, 11) is 1.63. The van der Waals surface area contributed by atoms with Gasteiger partial charge in [-0.25, -0.2) is 4.98 Å². The molecule has 0 spiro atoms. The van der Waals surface area contributed by atoms with Crippen LogP contribution < -0.4 is 10.1 Å². The highest BCUT2D eigenvalue weighted by Crippen LogP contribution is 2.08. The van der Waals surface area contributed by atoms with Gasteiger partial charge in [0.25, 0.3) is 0 Å². The van der Waals surface area contributed by atoms with E-state index < -0.39 is 0 Å². The van der Waals surface area contributed by atoms with E-state index in [4.69, 9.17) is 4.74 Å². The average Bonchev–Trinajstić information content (AvgIpc) is 2.86. The molecule has 4 heteroatoms. The van der Waals surface area contributed by atoms with Crippen molar-refractivity contribution in [3.63, 3.8) is 0 Å². The van der Waals surface area contributed by atoms with Crippen molar-refractivity contribution in [2.75, 3.05) is 7.11 Å². The van der Waals surface area contributed by atoms with E-state index in [1.807, 2.05) is 12.1 Å². The number of nitrogens with zero attached hydrogens (tertiary/aromatic N) is 2. The normalized spacial score (nSPS) is 10.6. The van der Waals surface area contributed by atoms with Crippen LogP contribution in [-0.4, -0.2) is 16.7 Å². The number of ether oxygens (including phenoxy) is 1. The second kappa shape index (κ2) is 6.21. The minimum absolute atomic E-state index is 0.659. The second-order valence-corrected chi connectivity index (χ2v) is 4.10. The molecule has 4 nitrogen and oxygen atoms in total. The molecular formula is C14H19N3O. The summed E-state index contributed by atoms with van der Waals surface area (Å²) in [5, 5.41) is 3.43. The van der Waals surface area contributed by atoms with E-state index in [-0.39, 0.29) is 0 Å². The molecule has 0 unspecified atom stereocenters. The van der Waals surface area contributed by atoms with Crippen LogP contribution in [0.3, 0.4) is 0 Å². The largest absolute Gasteiger partial charge is 0.481 e. The zero-order valence-electron chi connectivity index (χ0n) is 10.9. The molecule has 0 aliphatic rings. The lowest BCUT2D eigenvalue weighted by Gasteiger charge is -2.08. The molecule has 18 heavy (non-hydrogen) atoms. The number of pyridine rings is 1. The first-order valence-electron chi connectivity index (χ1n) is 6.17. The average molecular weight is 245 g/mol. The smallest absolute Gasteiger partial charge is 0.213 e. The topological polar surface area (TPSA) is 39.1 Å². The van der Waals surface area contributed by atoms with Gasteiger partial charge in [-0.3, -0.25) is 0 Å². The molecule has 2 heterocycles. The Morgan fingerprint density at radius 2 is 2.22 bits per heavy atom. The Bertz CT molecular complexity index is 493. The van der Waals surface area contributed by atoms with E-state index in [1.54, 1.807) is 13.3 Å². The van der Waals surface area contributed by atoms with E-state index in [9.17, 15) is 0 Å². The van der Waals surface area contributed by atoms with E-state index >= 15 is 0 Å². The number of aromatic nitrogens is 2. The highest BCUT2D eigenvalue weighted by molar-refractivity contribution is 5.20. The minimum Gasteiger partial charge on any atom is -0.481 e. The third-order valence-electron chi connectivity index (χ3n) is 2.91. The molecule has 1 N–H and O–H groups in total. The second-order valence-electron chi connectivity index (χ2n) is 4.10. The van der Waals surface area contributed by atoms with Crippen molar-refractivity contribution in [2.24, 2.45) is 0 Å². The molecule has 2 aromatic rings. The molecule has 0 saturated carbocycles. The summed E-state index contributed by atoms with van der Waals surface area (Å²) in [5.41, 5.74) is 2.48. The van der Waals surface area contributed by atoms with Gasteiger partial charge in [-0.2, -0.15) is 0 Å². The number of hydrogen-bond donors (Lipinski definition) is 1. The standard InChI is InChI=1S/C14H19N3O/c1-3-17-8-4-5-13(17)11-15-10-12-6-7-16-14(9-12)18-2/h4-9,15H,3,10-11H2,1-2H3. The van der Waals surface area contributed by atoms with Gasteiger partial charge in [-0.05, 0) is 30.7 Å². The van der Waals surface area contributed by atoms with Crippen LogP contribution in [0.25, 0.3) is 0 Å². The Labute approximate surface area is 108 Å². The molecule has 0 aromatic carbocycles. The predicted octanol–water partition coefficient (Wildman–Crippen LogP) is 2.20. The molecule has 0 amide bonds. The molecule has 0 atom stereocenters. The van der Waals surface area contributed by atoms with Gasteiger partial charge in [0, 0.05) is 43.8 Å². The van der Waals surface area contributed by atoms with Gasteiger partial charge in [0.05, 0.1) is 7.11 Å². The zero-order chi connectivity index (χ0) is 12.8. The van der Waals surface area contributed by atoms with E-state index in [0.29, 0.717) is 5.88 Å². The summed E-state index contributed by atoms with van der Waals surface area (Å²) in [6, 6.07) is 8.17. The lowest BCUT2D eigenvalue weighted by molar-refractivity contribution is 0.397. The number of rotatable bonds is 6. The molecular weight excluding hydrogens is 226 g/mol. The molecule has 0 aliphatic heterocycles. The van der Waals surface area contributed by atoms with Crippen LogP contribution >= 0.6 is 0 Å². The van der Waals surface area contributed by atoms with Gasteiger partial charge in [0.1, 0.15) is 0 Å². The lowest BCUT2D eigenvalue weighted by atomic mass is 10.2. The molecule has 2 aromatic heterocycles. The van der Waals surface area contributed by atoms with Gasteiger partial charge in [-0.1, -0.05) is 0 Å². The molecule has 0 saturated heterocycles. The van der Waals surface area contributed by atoms with Crippen LogP contribution in [-0.2, 0) is 19.6 Å². The Kier molecular flexibility index (Phi) is 4.36. The van der Waals surface area contributed by atoms with Crippen molar-refractivity contribution in [3.8, 4) is 5.88 Å². The molecule has 96 valence electrons. The summed E-state index contributed by atoms with van der Waals surface area (Å²) in [6.45, 7) is 4.84. The predicted molar refractivity (Wildman–Crippen MR) is 71.4 cm³/mol. The fourth-order valence-corrected chi connectivity index (χ4v) is 1.93. The first-order chi connectivity index (χ1) is 8.83. The van der Waals surface area contributed by atoms with Crippen LogP contribution in [0.4, 0.5) is 0 Å². The van der Waals surface area contributed by atoms with Gasteiger partial charge >= 0.3 is 0 Å². The van der Waals surface area contributed by atoms with Crippen LogP contribution in [0, 0.1) is 0 Å². The maximum atomic E-state index is 5.10. The van der Waals surface area contributed by atoms with Gasteiger partial charge in [-0.15, -0.1) is 0 Å². The van der Waals surface area contributed by atoms with Crippen molar-refractivity contribution in [2.45, 2.75) is 26.6 Å². The summed E-state index contributed by atoms with van der Waals surface area (Å²) >= 11 is 0. The molecule has 0 radical (unpaired) electrons. The summed E-state index contributed by atoms with van der Waals surface area (Å²) < 4.78 is 7.34. The zero-order valence-corrected chi connectivity index (χ0v) is 10.9. The van der Waals surface area contributed by atoms with Crippen molar-refractivity contribution in [1.29, 1.82) is 0 Å². The van der Waals surface area contributed by atoms with E-state index in [1.165, 1.54) is 11.3 Å². The Morgan fingerprint density at radius 1 is 1.33 bits per heavy atom. The van der Waals surface area contributed by atoms with E-state index in [0.717, 1.165) is 19.6 Å². The fourth-order valence-electron chi connectivity index (χ4n) is 1.93. The van der Waals surface area contributed by atoms with Crippen molar-refractivity contribution < 1.29 is 4.74 Å². The van der Waals surface area contributed by atoms with Crippen LogP contribution in [0.2, 0.25) is 0 Å². The number of hydrogen-bond acceptors (Lipinski definition) is 3. The Balaban J connectivity index is 1.88. The van der Waals surface area contributed by atoms with Crippen molar-refractivity contribution in [1.82, 2.24) is 14.9 Å². The summed E-state index contributed by atoms with van der Waals surface area (Å²) in [5.74, 6) is 0.659. The van der Waals surface area contributed by atoms with Crippen LogP contribution in [0.15, 0.2) is 36.7 Å². The molecule has 0 bridgehead atoms. The highest BCUT2D eigenvalue weighted by atomic mass is 16.5.